The zero-order valence-electron chi connectivity index (χ0n) is 13.9. The summed E-state index contributed by atoms with van der Waals surface area (Å²) in [4.78, 5) is 31.4. The summed E-state index contributed by atoms with van der Waals surface area (Å²) >= 11 is 0. The van der Waals surface area contributed by atoms with Crippen LogP contribution in [0.2, 0.25) is 0 Å². The summed E-state index contributed by atoms with van der Waals surface area (Å²) in [5.41, 5.74) is 1.19. The summed E-state index contributed by atoms with van der Waals surface area (Å²) in [6.07, 6.45) is 2.45. The van der Waals surface area contributed by atoms with Gasteiger partial charge in [0.15, 0.2) is 0 Å². The topological polar surface area (TPSA) is 56.4 Å². The minimum Gasteiger partial charge on any atom is -0.334 e. The smallest absolute Gasteiger partial charge is 0.260 e. The van der Waals surface area contributed by atoms with Gasteiger partial charge in [-0.05, 0) is 31.0 Å². The number of pyridine rings is 1. The van der Waals surface area contributed by atoms with Gasteiger partial charge in [-0.2, -0.15) is 0 Å². The van der Waals surface area contributed by atoms with Crippen LogP contribution >= 0.6 is 0 Å². The number of aromatic nitrogens is 1. The monoisotopic (exact) mass is 325 g/mol. The Morgan fingerprint density at radius 2 is 1.92 bits per heavy atom. The molecule has 0 aliphatic carbocycles. The number of aromatic amines is 1. The molecule has 1 amide bonds. The molecule has 1 fully saturated rings. The Hall–Kier alpha value is -2.40. The van der Waals surface area contributed by atoms with Gasteiger partial charge in [-0.1, -0.05) is 30.3 Å². The Morgan fingerprint density at radius 3 is 2.67 bits per heavy atom. The molecule has 1 aromatic heterocycles. The van der Waals surface area contributed by atoms with E-state index in [4.69, 9.17) is 0 Å². The molecule has 24 heavy (non-hydrogen) atoms. The van der Waals surface area contributed by atoms with Gasteiger partial charge in [-0.3, -0.25) is 14.5 Å². The first kappa shape index (κ1) is 16.5. The van der Waals surface area contributed by atoms with Crippen molar-refractivity contribution in [2.24, 2.45) is 0 Å². The van der Waals surface area contributed by atoms with Gasteiger partial charge < -0.3 is 9.88 Å². The quantitative estimate of drug-likeness (QED) is 0.940. The van der Waals surface area contributed by atoms with E-state index < -0.39 is 0 Å². The van der Waals surface area contributed by atoms with Crippen molar-refractivity contribution >= 4 is 5.91 Å². The molecule has 1 aromatic carbocycles. The molecule has 1 N–H and O–H groups in total. The molecule has 5 heteroatoms. The first-order valence-corrected chi connectivity index (χ1v) is 8.40. The Bertz CT molecular complexity index is 742. The summed E-state index contributed by atoms with van der Waals surface area (Å²) in [5, 5.41) is 0. The summed E-state index contributed by atoms with van der Waals surface area (Å²) in [5.74, 6) is -0.175. The number of carbonyl (C=O) groups excluding carboxylic acids is 1. The molecule has 2 aromatic rings. The standard InChI is InChI=1S/C19H23N3O2/c1-15-9-11-21(14-16-6-3-2-4-7-16)12-13-22(15)19(24)17-8-5-10-20-18(17)23/h2-8,10,15H,9,11-14H2,1H3,(H,20,23). The Labute approximate surface area is 141 Å². The van der Waals surface area contributed by atoms with E-state index in [-0.39, 0.29) is 23.1 Å². The maximum absolute atomic E-state index is 12.7. The van der Waals surface area contributed by atoms with Crippen molar-refractivity contribution in [1.82, 2.24) is 14.8 Å². The Balaban J connectivity index is 1.69. The van der Waals surface area contributed by atoms with Crippen molar-refractivity contribution in [3.63, 3.8) is 0 Å². The van der Waals surface area contributed by atoms with Crippen LogP contribution in [0.4, 0.5) is 0 Å². The summed E-state index contributed by atoms with van der Waals surface area (Å²) in [6.45, 7) is 5.35. The maximum atomic E-state index is 12.7. The van der Waals surface area contributed by atoms with Crippen LogP contribution in [0.3, 0.4) is 0 Å². The van der Waals surface area contributed by atoms with E-state index in [0.717, 1.165) is 26.1 Å². The molecule has 0 spiro atoms. The average molecular weight is 325 g/mol. The van der Waals surface area contributed by atoms with Crippen LogP contribution in [0.5, 0.6) is 0 Å². The molecule has 1 atom stereocenters. The van der Waals surface area contributed by atoms with Gasteiger partial charge in [-0.15, -0.1) is 0 Å². The molecular weight excluding hydrogens is 302 g/mol. The minimum absolute atomic E-state index is 0.123. The van der Waals surface area contributed by atoms with E-state index in [1.165, 1.54) is 5.56 Å². The predicted molar refractivity (Wildman–Crippen MR) is 93.9 cm³/mol. The molecule has 2 heterocycles. The van der Waals surface area contributed by atoms with Gasteiger partial charge in [0.1, 0.15) is 5.56 Å². The lowest BCUT2D eigenvalue weighted by Gasteiger charge is -2.26. The van der Waals surface area contributed by atoms with Crippen LogP contribution in [-0.4, -0.2) is 46.4 Å². The fourth-order valence-electron chi connectivity index (χ4n) is 3.15. The van der Waals surface area contributed by atoms with Crippen LogP contribution in [0.15, 0.2) is 53.5 Å². The molecule has 1 saturated heterocycles. The van der Waals surface area contributed by atoms with Crippen molar-refractivity contribution in [3.05, 3.63) is 70.1 Å². The van der Waals surface area contributed by atoms with Crippen molar-refractivity contribution < 1.29 is 4.79 Å². The van der Waals surface area contributed by atoms with Crippen molar-refractivity contribution in [1.29, 1.82) is 0 Å². The summed E-state index contributed by atoms with van der Waals surface area (Å²) < 4.78 is 0. The first-order valence-electron chi connectivity index (χ1n) is 8.40. The van der Waals surface area contributed by atoms with Crippen LogP contribution in [0, 0.1) is 0 Å². The third-order valence-electron chi connectivity index (χ3n) is 4.61. The first-order chi connectivity index (χ1) is 11.6. The second kappa shape index (κ2) is 7.45. The average Bonchev–Trinajstić information content (AvgIpc) is 2.78. The number of nitrogens with one attached hydrogen (secondary N) is 1. The van der Waals surface area contributed by atoms with Gasteiger partial charge in [0.2, 0.25) is 0 Å². The lowest BCUT2D eigenvalue weighted by molar-refractivity contribution is 0.0699. The SMILES string of the molecule is CC1CCN(Cc2ccccc2)CCN1C(=O)c1ccc[nH]c1=O. The summed E-state index contributed by atoms with van der Waals surface area (Å²) in [7, 11) is 0. The highest BCUT2D eigenvalue weighted by molar-refractivity contribution is 5.94. The molecule has 1 unspecified atom stereocenters. The zero-order valence-corrected chi connectivity index (χ0v) is 13.9. The van der Waals surface area contributed by atoms with E-state index in [0.29, 0.717) is 6.54 Å². The fourth-order valence-corrected chi connectivity index (χ4v) is 3.15. The zero-order chi connectivity index (χ0) is 16.9. The largest absolute Gasteiger partial charge is 0.334 e. The van der Waals surface area contributed by atoms with Crippen molar-refractivity contribution in [3.8, 4) is 0 Å². The second-order valence-electron chi connectivity index (χ2n) is 6.31. The van der Waals surface area contributed by atoms with Gasteiger partial charge in [0.05, 0.1) is 0 Å². The highest BCUT2D eigenvalue weighted by Crippen LogP contribution is 2.15. The number of rotatable bonds is 3. The third-order valence-corrected chi connectivity index (χ3v) is 4.61. The number of nitrogens with zero attached hydrogens (tertiary/aromatic N) is 2. The molecule has 0 bridgehead atoms. The van der Waals surface area contributed by atoms with Crippen LogP contribution in [-0.2, 0) is 6.54 Å². The van der Waals surface area contributed by atoms with Gasteiger partial charge in [-0.25, -0.2) is 0 Å². The molecule has 5 nitrogen and oxygen atoms in total. The lowest BCUT2D eigenvalue weighted by atomic mass is 10.1. The third kappa shape index (κ3) is 3.74. The van der Waals surface area contributed by atoms with E-state index in [2.05, 4.69) is 28.9 Å². The number of hydrogen-bond acceptors (Lipinski definition) is 3. The molecular formula is C19H23N3O2. The highest BCUT2D eigenvalue weighted by atomic mass is 16.2. The number of amides is 1. The molecule has 3 rings (SSSR count). The van der Waals surface area contributed by atoms with Gasteiger partial charge in [0.25, 0.3) is 11.5 Å². The fraction of sp³-hybridized carbons (Fsp3) is 0.368. The van der Waals surface area contributed by atoms with Crippen LogP contribution in [0.25, 0.3) is 0 Å². The van der Waals surface area contributed by atoms with Gasteiger partial charge in [0, 0.05) is 38.4 Å². The Kier molecular flexibility index (Phi) is 5.11. The number of benzene rings is 1. The maximum Gasteiger partial charge on any atom is 0.260 e. The molecule has 1 aliphatic heterocycles. The Morgan fingerprint density at radius 1 is 1.12 bits per heavy atom. The lowest BCUT2D eigenvalue weighted by Crippen LogP contribution is -2.41. The van der Waals surface area contributed by atoms with E-state index in [1.807, 2.05) is 23.1 Å². The molecule has 1 aliphatic rings. The van der Waals surface area contributed by atoms with Crippen LogP contribution < -0.4 is 5.56 Å². The predicted octanol–water partition coefficient (Wildman–Crippen LogP) is 2.11. The van der Waals surface area contributed by atoms with E-state index >= 15 is 0 Å². The van der Waals surface area contributed by atoms with Crippen molar-refractivity contribution in [2.45, 2.75) is 25.9 Å². The molecule has 126 valence electrons. The van der Waals surface area contributed by atoms with Crippen molar-refractivity contribution in [2.75, 3.05) is 19.6 Å². The summed E-state index contributed by atoms with van der Waals surface area (Å²) in [6, 6.07) is 13.8. The number of carbonyl (C=O) groups is 1. The van der Waals surface area contributed by atoms with Gasteiger partial charge >= 0.3 is 0 Å². The highest BCUT2D eigenvalue weighted by Gasteiger charge is 2.26. The molecule has 0 saturated carbocycles. The number of hydrogen-bond donors (Lipinski definition) is 1. The number of H-pyrrole nitrogens is 1. The normalized spacial score (nSPS) is 19.0. The second-order valence-corrected chi connectivity index (χ2v) is 6.31. The van der Waals surface area contributed by atoms with Crippen LogP contribution in [0.1, 0.15) is 29.3 Å². The van der Waals surface area contributed by atoms with E-state index in [9.17, 15) is 9.59 Å². The minimum atomic E-state index is -0.319. The van der Waals surface area contributed by atoms with E-state index in [1.54, 1.807) is 18.3 Å². The molecule has 0 radical (unpaired) electrons.